The number of alkyl halides is 1. The molecule has 0 saturated carbocycles. The van der Waals surface area contributed by atoms with Crippen molar-refractivity contribution >= 4 is 21.6 Å². The van der Waals surface area contributed by atoms with Crippen LogP contribution in [0.15, 0.2) is 11.2 Å². The largest absolute Gasteiger partial charge is 0.332 e. The third-order valence-corrected chi connectivity index (χ3v) is 3.98. The molecule has 17 heavy (non-hydrogen) atoms. The predicted octanol–water partition coefficient (Wildman–Crippen LogP) is 1.65. The number of hydrogen-bond acceptors (Lipinski definition) is 3. The molecule has 0 aliphatic rings. The van der Waals surface area contributed by atoms with Gasteiger partial charge in [-0.05, 0) is 18.8 Å². The zero-order valence-corrected chi connectivity index (χ0v) is 11.8. The number of H-pyrrole nitrogens is 1. The minimum atomic E-state index is -3.50. The molecule has 1 rings (SSSR count). The minimum Gasteiger partial charge on any atom is -0.332 e. The fraction of sp³-hybridized carbons (Fsp3) is 0.700. The lowest BCUT2D eigenvalue weighted by Crippen LogP contribution is -2.34. The first-order chi connectivity index (χ1) is 7.77. The maximum Gasteiger partial charge on any atom is 0.257 e. The van der Waals surface area contributed by atoms with E-state index in [1.807, 2.05) is 13.8 Å². The monoisotopic (exact) mass is 279 g/mol. The topological polar surface area (TPSA) is 74.8 Å². The molecule has 98 valence electrons. The Kier molecular flexibility index (Phi) is 4.57. The quantitative estimate of drug-likeness (QED) is 0.778. The second kappa shape index (κ2) is 5.37. The maximum absolute atomic E-state index is 11.9. The van der Waals surface area contributed by atoms with Crippen molar-refractivity contribution < 1.29 is 8.42 Å². The number of imidazole rings is 1. The Morgan fingerprint density at radius 3 is 2.65 bits per heavy atom. The molecule has 0 bridgehead atoms. The van der Waals surface area contributed by atoms with Crippen molar-refractivity contribution in [2.45, 2.75) is 32.2 Å². The molecule has 5 nitrogen and oxygen atoms in total. The Labute approximate surface area is 107 Å². The second-order valence-corrected chi connectivity index (χ2v) is 6.87. The van der Waals surface area contributed by atoms with Gasteiger partial charge < -0.3 is 4.98 Å². The first-order valence-electron chi connectivity index (χ1n) is 5.34. The summed E-state index contributed by atoms with van der Waals surface area (Å²) in [4.78, 5) is 6.56. The number of hydrogen-bond donors (Lipinski definition) is 2. The van der Waals surface area contributed by atoms with E-state index in [2.05, 4.69) is 14.7 Å². The van der Waals surface area contributed by atoms with Crippen LogP contribution in [0.4, 0.5) is 0 Å². The van der Waals surface area contributed by atoms with Crippen LogP contribution in [0, 0.1) is 12.3 Å². The number of aromatic nitrogens is 2. The van der Waals surface area contributed by atoms with Gasteiger partial charge in [0.2, 0.25) is 0 Å². The highest BCUT2D eigenvalue weighted by Gasteiger charge is 2.22. The van der Waals surface area contributed by atoms with Crippen LogP contribution in [0.2, 0.25) is 0 Å². The maximum atomic E-state index is 11.9. The summed E-state index contributed by atoms with van der Waals surface area (Å²) in [6.07, 6.45) is 2.06. The summed E-state index contributed by atoms with van der Waals surface area (Å²) in [5, 5.41) is 0.0941. The Bertz CT molecular complexity index is 468. The third kappa shape index (κ3) is 4.29. The van der Waals surface area contributed by atoms with Gasteiger partial charge in [-0.3, -0.25) is 0 Å². The lowest BCUT2D eigenvalue weighted by Gasteiger charge is -2.23. The fourth-order valence-electron chi connectivity index (χ4n) is 1.25. The number of aromatic amines is 1. The lowest BCUT2D eigenvalue weighted by atomic mass is 9.91. The van der Waals surface area contributed by atoms with Gasteiger partial charge in [-0.25, -0.2) is 18.1 Å². The molecular weight excluding hydrogens is 262 g/mol. The summed E-state index contributed by atoms with van der Waals surface area (Å²) >= 11 is 5.66. The summed E-state index contributed by atoms with van der Waals surface area (Å²) in [5.74, 6) is 1.09. The minimum absolute atomic E-state index is 0.0941. The molecule has 7 heteroatoms. The predicted molar refractivity (Wildman–Crippen MR) is 67.6 cm³/mol. The smallest absolute Gasteiger partial charge is 0.257 e. The highest BCUT2D eigenvalue weighted by molar-refractivity contribution is 7.89. The molecule has 0 atom stereocenters. The van der Waals surface area contributed by atoms with Crippen LogP contribution < -0.4 is 4.72 Å². The molecule has 0 unspecified atom stereocenters. The van der Waals surface area contributed by atoms with Crippen molar-refractivity contribution in [2.24, 2.45) is 5.41 Å². The number of rotatable bonds is 6. The fourth-order valence-corrected chi connectivity index (χ4v) is 2.97. The number of nitrogens with zero attached hydrogens (tertiary/aromatic N) is 1. The summed E-state index contributed by atoms with van der Waals surface area (Å²) in [6, 6.07) is 0. The molecule has 1 aromatic heterocycles. The molecule has 0 aliphatic carbocycles. The summed E-state index contributed by atoms with van der Waals surface area (Å²) in [6.45, 7) is 5.99. The third-order valence-electron chi connectivity index (χ3n) is 2.48. The normalized spacial score (nSPS) is 12.9. The van der Waals surface area contributed by atoms with Crippen LogP contribution in [0.5, 0.6) is 0 Å². The number of nitrogens with one attached hydrogen (secondary N) is 2. The van der Waals surface area contributed by atoms with Gasteiger partial charge in [0, 0.05) is 12.4 Å². The van der Waals surface area contributed by atoms with Crippen molar-refractivity contribution in [3.05, 3.63) is 12.0 Å². The Balaban J connectivity index is 2.69. The molecular formula is C10H18ClN3O2S. The van der Waals surface area contributed by atoms with Crippen LogP contribution in [-0.4, -0.2) is 30.8 Å². The first kappa shape index (κ1) is 14.5. The molecule has 0 spiro atoms. The van der Waals surface area contributed by atoms with E-state index in [1.54, 1.807) is 6.92 Å². The van der Waals surface area contributed by atoms with Gasteiger partial charge in [-0.2, -0.15) is 0 Å². The van der Waals surface area contributed by atoms with Crippen LogP contribution in [0.3, 0.4) is 0 Å². The Morgan fingerprint density at radius 2 is 2.18 bits per heavy atom. The number of halogens is 1. The molecule has 0 amide bonds. The van der Waals surface area contributed by atoms with Crippen molar-refractivity contribution in [2.75, 3.05) is 12.4 Å². The average molecular weight is 280 g/mol. The summed E-state index contributed by atoms with van der Waals surface area (Å²) in [5.41, 5.74) is -0.163. The van der Waals surface area contributed by atoms with Gasteiger partial charge in [0.15, 0.2) is 5.03 Å². The zero-order chi connectivity index (χ0) is 13.1. The van der Waals surface area contributed by atoms with Crippen LogP contribution >= 0.6 is 11.6 Å². The van der Waals surface area contributed by atoms with Gasteiger partial charge in [0.05, 0.1) is 6.20 Å². The highest BCUT2D eigenvalue weighted by Crippen LogP contribution is 2.20. The Hall–Kier alpha value is -0.590. The van der Waals surface area contributed by atoms with E-state index < -0.39 is 10.0 Å². The van der Waals surface area contributed by atoms with E-state index in [9.17, 15) is 8.42 Å². The lowest BCUT2D eigenvalue weighted by molar-refractivity contribution is 0.352. The van der Waals surface area contributed by atoms with E-state index in [4.69, 9.17) is 11.6 Å². The number of aryl methyl sites for hydroxylation is 1. The van der Waals surface area contributed by atoms with Gasteiger partial charge >= 0.3 is 0 Å². The van der Waals surface area contributed by atoms with E-state index in [0.717, 1.165) is 6.42 Å². The first-order valence-corrected chi connectivity index (χ1v) is 7.36. The van der Waals surface area contributed by atoms with Crippen molar-refractivity contribution in [3.63, 3.8) is 0 Å². The van der Waals surface area contributed by atoms with Crippen LogP contribution in [-0.2, 0) is 10.0 Å². The van der Waals surface area contributed by atoms with Gasteiger partial charge in [0.25, 0.3) is 10.0 Å². The average Bonchev–Trinajstić information content (AvgIpc) is 2.63. The molecule has 2 N–H and O–H groups in total. The van der Waals surface area contributed by atoms with Crippen molar-refractivity contribution in [1.29, 1.82) is 0 Å². The molecule has 0 fully saturated rings. The van der Waals surface area contributed by atoms with E-state index in [-0.39, 0.29) is 10.4 Å². The van der Waals surface area contributed by atoms with Gasteiger partial charge in [-0.15, -0.1) is 11.6 Å². The van der Waals surface area contributed by atoms with E-state index in [1.165, 1.54) is 6.20 Å². The van der Waals surface area contributed by atoms with Crippen LogP contribution in [0.25, 0.3) is 0 Å². The van der Waals surface area contributed by atoms with E-state index in [0.29, 0.717) is 18.2 Å². The SMILES string of the molecule is Cc1ncc(S(=O)(=O)NCC(C)(C)CCCl)[nH]1. The summed E-state index contributed by atoms with van der Waals surface area (Å²) < 4.78 is 26.3. The van der Waals surface area contributed by atoms with E-state index >= 15 is 0 Å². The van der Waals surface area contributed by atoms with Crippen LogP contribution in [0.1, 0.15) is 26.1 Å². The van der Waals surface area contributed by atoms with Gasteiger partial charge in [-0.1, -0.05) is 13.8 Å². The van der Waals surface area contributed by atoms with Crippen molar-refractivity contribution in [3.8, 4) is 0 Å². The molecule has 0 radical (unpaired) electrons. The van der Waals surface area contributed by atoms with Crippen molar-refractivity contribution in [1.82, 2.24) is 14.7 Å². The molecule has 1 heterocycles. The standard InChI is InChI=1S/C10H18ClN3O2S/c1-8-12-6-9(14-8)17(15,16)13-7-10(2,3)4-5-11/h6,13H,4-5,7H2,1-3H3,(H,12,14). The van der Waals surface area contributed by atoms with Gasteiger partial charge in [0.1, 0.15) is 5.82 Å². The summed E-state index contributed by atoms with van der Waals surface area (Å²) in [7, 11) is -3.50. The second-order valence-electron chi connectivity index (χ2n) is 4.76. The highest BCUT2D eigenvalue weighted by atomic mass is 35.5. The Morgan fingerprint density at radius 1 is 1.53 bits per heavy atom. The molecule has 1 aromatic rings. The zero-order valence-electron chi connectivity index (χ0n) is 10.2. The molecule has 0 saturated heterocycles. The number of sulfonamides is 1. The molecule has 0 aliphatic heterocycles. The molecule has 0 aromatic carbocycles.